The highest BCUT2D eigenvalue weighted by atomic mass is 32.2. The zero-order chi connectivity index (χ0) is 18.2. The topological polar surface area (TPSA) is 104 Å². The quantitative estimate of drug-likeness (QED) is 0.719. The highest BCUT2D eigenvalue weighted by molar-refractivity contribution is 7.92. The number of urea groups is 1. The van der Waals surface area contributed by atoms with Crippen molar-refractivity contribution in [3.05, 3.63) is 59.9 Å². The molecule has 3 N–H and O–H groups in total. The minimum absolute atomic E-state index is 0.195. The summed E-state index contributed by atoms with van der Waals surface area (Å²) in [4.78, 5) is 22.7. The smallest absolute Gasteiger partial charge is 0.320 e. The number of sulfonamides is 1. The van der Waals surface area contributed by atoms with Crippen LogP contribution >= 0.6 is 0 Å². The molecule has 0 bridgehead atoms. The lowest BCUT2D eigenvalue weighted by atomic mass is 9.92. The van der Waals surface area contributed by atoms with Crippen molar-refractivity contribution >= 4 is 27.6 Å². The molecule has 1 fully saturated rings. The second kappa shape index (κ2) is 5.85. The molecule has 1 aliphatic heterocycles. The molecule has 0 radical (unpaired) electrons. The van der Waals surface area contributed by atoms with E-state index in [9.17, 15) is 22.4 Å². The minimum Gasteiger partial charge on any atom is -0.320 e. The summed E-state index contributed by atoms with van der Waals surface area (Å²) in [6, 6.07) is 10.3. The summed E-state index contributed by atoms with van der Waals surface area (Å²) in [6.45, 7) is 1.53. The van der Waals surface area contributed by atoms with E-state index in [2.05, 4.69) is 15.4 Å². The first-order chi connectivity index (χ1) is 11.7. The summed E-state index contributed by atoms with van der Waals surface area (Å²) in [7, 11) is -4.08. The largest absolute Gasteiger partial charge is 0.322 e. The van der Waals surface area contributed by atoms with Gasteiger partial charge in [0.15, 0.2) is 0 Å². The normalized spacial score (nSPS) is 20.1. The average molecular weight is 363 g/mol. The SMILES string of the molecule is C[C@]1(c2ccc(NS(=O)(=O)c3ccccc3F)cc2)NC(=O)NC1=O. The van der Waals surface area contributed by atoms with E-state index in [0.29, 0.717) is 5.56 Å². The van der Waals surface area contributed by atoms with E-state index in [1.165, 1.54) is 43.3 Å². The van der Waals surface area contributed by atoms with Crippen LogP contribution in [0.5, 0.6) is 0 Å². The number of amides is 3. The Labute approximate surface area is 143 Å². The number of carbonyl (C=O) groups excluding carboxylic acids is 2. The number of nitrogens with one attached hydrogen (secondary N) is 3. The molecule has 3 rings (SSSR count). The van der Waals surface area contributed by atoms with Crippen molar-refractivity contribution in [3.63, 3.8) is 0 Å². The lowest BCUT2D eigenvalue weighted by Crippen LogP contribution is -2.40. The van der Waals surface area contributed by atoms with Gasteiger partial charge >= 0.3 is 6.03 Å². The van der Waals surface area contributed by atoms with Gasteiger partial charge in [0.05, 0.1) is 0 Å². The van der Waals surface area contributed by atoms with Crippen LogP contribution in [0.1, 0.15) is 12.5 Å². The maximum absolute atomic E-state index is 13.7. The van der Waals surface area contributed by atoms with Crippen molar-refractivity contribution in [2.75, 3.05) is 4.72 Å². The second-order valence-electron chi connectivity index (χ2n) is 5.65. The van der Waals surface area contributed by atoms with Crippen LogP contribution in [0.3, 0.4) is 0 Å². The molecule has 0 saturated carbocycles. The molecule has 7 nitrogen and oxygen atoms in total. The van der Waals surface area contributed by atoms with Crippen LogP contribution in [-0.2, 0) is 20.4 Å². The molecular weight excluding hydrogens is 349 g/mol. The van der Waals surface area contributed by atoms with Crippen LogP contribution in [0.15, 0.2) is 53.4 Å². The molecule has 2 aromatic carbocycles. The van der Waals surface area contributed by atoms with Crippen molar-refractivity contribution in [2.45, 2.75) is 17.4 Å². The summed E-state index contributed by atoms with van der Waals surface area (Å²) in [6.07, 6.45) is 0. The van der Waals surface area contributed by atoms with Crippen LogP contribution in [0.2, 0.25) is 0 Å². The summed E-state index contributed by atoms with van der Waals surface area (Å²) in [5.41, 5.74) is -0.565. The van der Waals surface area contributed by atoms with Gasteiger partial charge in [-0.15, -0.1) is 0 Å². The zero-order valence-electron chi connectivity index (χ0n) is 13.0. The maximum atomic E-state index is 13.7. The Hall–Kier alpha value is -2.94. The molecule has 0 aromatic heterocycles. The van der Waals surface area contributed by atoms with E-state index < -0.39 is 38.2 Å². The van der Waals surface area contributed by atoms with Gasteiger partial charge < -0.3 is 5.32 Å². The van der Waals surface area contributed by atoms with E-state index in [-0.39, 0.29) is 5.69 Å². The van der Waals surface area contributed by atoms with Gasteiger partial charge in [0, 0.05) is 5.69 Å². The highest BCUT2D eigenvalue weighted by Gasteiger charge is 2.43. The molecular formula is C16H14FN3O4S. The van der Waals surface area contributed by atoms with Crippen molar-refractivity contribution in [1.82, 2.24) is 10.6 Å². The molecule has 2 aromatic rings. The van der Waals surface area contributed by atoms with Gasteiger partial charge in [-0.2, -0.15) is 0 Å². The molecule has 1 saturated heterocycles. The molecule has 3 amide bonds. The van der Waals surface area contributed by atoms with Gasteiger partial charge in [-0.05, 0) is 36.8 Å². The zero-order valence-corrected chi connectivity index (χ0v) is 13.9. The molecule has 1 aliphatic rings. The minimum atomic E-state index is -4.08. The van der Waals surface area contributed by atoms with Crippen molar-refractivity contribution in [1.29, 1.82) is 0 Å². The lowest BCUT2D eigenvalue weighted by Gasteiger charge is -2.21. The summed E-state index contributed by atoms with van der Waals surface area (Å²) >= 11 is 0. The standard InChI is InChI=1S/C16H14FN3O4S/c1-16(14(21)18-15(22)19-16)10-6-8-11(9-7-10)20-25(23,24)13-5-3-2-4-12(13)17/h2-9,20H,1H3,(H2,18,19,21,22)/t16-/m1/s1. The Morgan fingerprint density at radius 2 is 1.68 bits per heavy atom. The van der Waals surface area contributed by atoms with Gasteiger partial charge in [0.1, 0.15) is 16.3 Å². The third kappa shape index (κ3) is 3.05. The fourth-order valence-electron chi connectivity index (χ4n) is 2.49. The molecule has 0 spiro atoms. The van der Waals surface area contributed by atoms with E-state index in [1.807, 2.05) is 0 Å². The third-order valence-electron chi connectivity index (χ3n) is 3.89. The number of carbonyl (C=O) groups is 2. The number of rotatable bonds is 4. The van der Waals surface area contributed by atoms with Gasteiger partial charge in [0.2, 0.25) is 0 Å². The average Bonchev–Trinajstić information content (AvgIpc) is 2.81. The van der Waals surface area contributed by atoms with Gasteiger partial charge in [-0.25, -0.2) is 17.6 Å². The van der Waals surface area contributed by atoms with Crippen LogP contribution in [0.4, 0.5) is 14.9 Å². The predicted octanol–water partition coefficient (Wildman–Crippen LogP) is 1.68. The van der Waals surface area contributed by atoms with Gasteiger partial charge in [0.25, 0.3) is 15.9 Å². The van der Waals surface area contributed by atoms with E-state index in [0.717, 1.165) is 12.1 Å². The third-order valence-corrected chi connectivity index (χ3v) is 5.30. The Morgan fingerprint density at radius 3 is 2.24 bits per heavy atom. The molecule has 130 valence electrons. The number of hydrogen-bond donors (Lipinski definition) is 3. The number of anilines is 1. The van der Waals surface area contributed by atoms with Gasteiger partial charge in [-0.3, -0.25) is 14.8 Å². The molecule has 1 atom stereocenters. The first kappa shape index (κ1) is 16.9. The fourth-order valence-corrected chi connectivity index (χ4v) is 3.63. The van der Waals surface area contributed by atoms with Gasteiger partial charge in [-0.1, -0.05) is 24.3 Å². The first-order valence-corrected chi connectivity index (χ1v) is 8.72. The number of hydrogen-bond acceptors (Lipinski definition) is 4. The fraction of sp³-hybridized carbons (Fsp3) is 0.125. The van der Waals surface area contributed by atoms with E-state index in [4.69, 9.17) is 0 Å². The Balaban J connectivity index is 1.85. The summed E-state index contributed by atoms with van der Waals surface area (Å²) in [5.74, 6) is -1.36. The summed E-state index contributed by atoms with van der Waals surface area (Å²) < 4.78 is 40.5. The molecule has 9 heteroatoms. The van der Waals surface area contributed by atoms with E-state index in [1.54, 1.807) is 0 Å². The molecule has 0 aliphatic carbocycles. The first-order valence-electron chi connectivity index (χ1n) is 7.24. The number of halogens is 1. The van der Waals surface area contributed by atoms with Crippen molar-refractivity contribution < 1.29 is 22.4 Å². The Bertz CT molecular complexity index is 960. The Morgan fingerprint density at radius 1 is 1.04 bits per heavy atom. The molecule has 25 heavy (non-hydrogen) atoms. The molecule has 1 heterocycles. The summed E-state index contributed by atoms with van der Waals surface area (Å²) in [5, 5.41) is 4.65. The van der Waals surface area contributed by atoms with E-state index >= 15 is 0 Å². The van der Waals surface area contributed by atoms with Crippen molar-refractivity contribution in [2.24, 2.45) is 0 Å². The van der Waals surface area contributed by atoms with Crippen LogP contribution in [0, 0.1) is 5.82 Å². The number of imide groups is 1. The lowest BCUT2D eigenvalue weighted by molar-refractivity contribution is -0.123. The highest BCUT2D eigenvalue weighted by Crippen LogP contribution is 2.26. The molecule has 0 unspecified atom stereocenters. The van der Waals surface area contributed by atoms with Crippen LogP contribution < -0.4 is 15.4 Å². The van der Waals surface area contributed by atoms with Crippen molar-refractivity contribution in [3.8, 4) is 0 Å². The van der Waals surface area contributed by atoms with Crippen LogP contribution in [0.25, 0.3) is 0 Å². The maximum Gasteiger partial charge on any atom is 0.322 e. The van der Waals surface area contributed by atoms with Crippen LogP contribution in [-0.4, -0.2) is 20.4 Å². The monoisotopic (exact) mass is 363 g/mol. The predicted molar refractivity (Wildman–Crippen MR) is 87.7 cm³/mol. The number of benzene rings is 2. The second-order valence-corrected chi connectivity index (χ2v) is 7.30. The Kier molecular flexibility index (Phi) is 3.96.